The zero-order chi connectivity index (χ0) is 17.7. The van der Waals surface area contributed by atoms with E-state index < -0.39 is 11.6 Å². The molecule has 1 atom stereocenters. The molecule has 1 aliphatic rings. The van der Waals surface area contributed by atoms with Crippen molar-refractivity contribution in [1.29, 1.82) is 0 Å². The molecule has 1 amide bonds. The summed E-state index contributed by atoms with van der Waals surface area (Å²) in [5.41, 5.74) is 0.352. The van der Waals surface area contributed by atoms with E-state index in [0.29, 0.717) is 13.0 Å². The Morgan fingerprint density at radius 2 is 1.88 bits per heavy atom. The standard InChI is InChI=1S/C19H25NO4/c1-19(2,3)24-18(22)16-6-5-13-20(16)17(21)12-9-14-7-10-15(23-4)11-8-14/h7-12,16H,5-6,13H2,1-4H3/b12-9+/t16-/m0/s1. The summed E-state index contributed by atoms with van der Waals surface area (Å²) >= 11 is 0. The fourth-order valence-corrected chi connectivity index (χ4v) is 2.62. The van der Waals surface area contributed by atoms with Crippen LogP contribution in [0.5, 0.6) is 5.75 Å². The molecule has 0 aliphatic carbocycles. The van der Waals surface area contributed by atoms with Gasteiger partial charge < -0.3 is 14.4 Å². The number of carbonyl (C=O) groups is 2. The fourth-order valence-electron chi connectivity index (χ4n) is 2.62. The van der Waals surface area contributed by atoms with Gasteiger partial charge in [-0.25, -0.2) is 4.79 Å². The first-order chi connectivity index (χ1) is 11.3. The Hall–Kier alpha value is -2.30. The molecule has 1 aromatic rings. The molecule has 5 nitrogen and oxygen atoms in total. The highest BCUT2D eigenvalue weighted by molar-refractivity contribution is 5.95. The molecule has 0 spiro atoms. The van der Waals surface area contributed by atoms with Gasteiger partial charge in [0.05, 0.1) is 7.11 Å². The van der Waals surface area contributed by atoms with Crippen molar-refractivity contribution >= 4 is 18.0 Å². The van der Waals surface area contributed by atoms with E-state index in [2.05, 4.69) is 0 Å². The number of rotatable bonds is 4. The van der Waals surface area contributed by atoms with Crippen LogP contribution in [-0.4, -0.2) is 42.1 Å². The number of esters is 1. The highest BCUT2D eigenvalue weighted by Gasteiger charge is 2.35. The molecular weight excluding hydrogens is 306 g/mol. The van der Waals surface area contributed by atoms with Gasteiger partial charge in [-0.2, -0.15) is 0 Å². The minimum Gasteiger partial charge on any atom is -0.497 e. The van der Waals surface area contributed by atoms with Crippen LogP contribution in [-0.2, 0) is 14.3 Å². The monoisotopic (exact) mass is 331 g/mol. The van der Waals surface area contributed by atoms with E-state index in [1.165, 1.54) is 6.08 Å². The van der Waals surface area contributed by atoms with Crippen LogP contribution in [0.3, 0.4) is 0 Å². The number of hydrogen-bond donors (Lipinski definition) is 0. The number of nitrogens with zero attached hydrogens (tertiary/aromatic N) is 1. The van der Waals surface area contributed by atoms with E-state index >= 15 is 0 Å². The first-order valence-electron chi connectivity index (χ1n) is 8.16. The third-order valence-electron chi connectivity index (χ3n) is 3.75. The lowest BCUT2D eigenvalue weighted by Gasteiger charge is -2.26. The molecule has 1 aliphatic heterocycles. The summed E-state index contributed by atoms with van der Waals surface area (Å²) in [7, 11) is 1.61. The Labute approximate surface area is 143 Å². The van der Waals surface area contributed by atoms with E-state index in [1.54, 1.807) is 18.1 Å². The van der Waals surface area contributed by atoms with E-state index in [-0.39, 0.29) is 11.9 Å². The Balaban J connectivity index is 2.01. The lowest BCUT2D eigenvalue weighted by molar-refractivity contribution is -0.162. The second-order valence-corrected chi connectivity index (χ2v) is 6.83. The van der Waals surface area contributed by atoms with Crippen LogP contribution in [0, 0.1) is 0 Å². The zero-order valence-corrected chi connectivity index (χ0v) is 14.7. The van der Waals surface area contributed by atoms with Crippen molar-refractivity contribution in [2.75, 3.05) is 13.7 Å². The second-order valence-electron chi connectivity index (χ2n) is 6.83. The molecule has 0 unspecified atom stereocenters. The van der Waals surface area contributed by atoms with E-state index in [4.69, 9.17) is 9.47 Å². The summed E-state index contributed by atoms with van der Waals surface area (Å²) in [5.74, 6) is 0.272. The van der Waals surface area contributed by atoms with E-state index in [9.17, 15) is 9.59 Å². The molecule has 1 fully saturated rings. The number of benzene rings is 1. The van der Waals surface area contributed by atoms with Crippen molar-refractivity contribution in [2.45, 2.75) is 45.3 Å². The van der Waals surface area contributed by atoms with Gasteiger partial charge in [0.1, 0.15) is 17.4 Å². The Kier molecular flexibility index (Phi) is 5.65. The van der Waals surface area contributed by atoms with Crippen molar-refractivity contribution in [3.8, 4) is 5.75 Å². The molecule has 130 valence electrons. The predicted molar refractivity (Wildman–Crippen MR) is 92.6 cm³/mol. The number of carbonyl (C=O) groups excluding carboxylic acids is 2. The summed E-state index contributed by atoms with van der Waals surface area (Å²) in [4.78, 5) is 26.3. The molecule has 2 rings (SSSR count). The van der Waals surface area contributed by atoms with Crippen molar-refractivity contribution < 1.29 is 19.1 Å². The Morgan fingerprint density at radius 3 is 2.46 bits per heavy atom. The molecule has 24 heavy (non-hydrogen) atoms. The minimum absolute atomic E-state index is 0.167. The van der Waals surface area contributed by atoms with Crippen LogP contribution in [0.15, 0.2) is 30.3 Å². The molecule has 0 bridgehead atoms. The maximum Gasteiger partial charge on any atom is 0.329 e. The van der Waals surface area contributed by atoms with Gasteiger partial charge in [0, 0.05) is 12.6 Å². The highest BCUT2D eigenvalue weighted by Crippen LogP contribution is 2.22. The number of methoxy groups -OCH3 is 1. The summed E-state index contributed by atoms with van der Waals surface area (Å²) in [5, 5.41) is 0. The van der Waals surface area contributed by atoms with Crippen LogP contribution in [0.4, 0.5) is 0 Å². The third kappa shape index (κ3) is 4.85. The molecule has 1 aromatic carbocycles. The first-order valence-corrected chi connectivity index (χ1v) is 8.16. The van der Waals surface area contributed by atoms with E-state index in [0.717, 1.165) is 17.7 Å². The number of hydrogen-bond acceptors (Lipinski definition) is 4. The summed E-state index contributed by atoms with van der Waals surface area (Å²) in [6, 6.07) is 6.93. The largest absolute Gasteiger partial charge is 0.497 e. The second kappa shape index (κ2) is 7.51. The van der Waals surface area contributed by atoms with Crippen LogP contribution in [0.1, 0.15) is 39.2 Å². The number of ether oxygens (including phenoxy) is 2. The highest BCUT2D eigenvalue weighted by atomic mass is 16.6. The van der Waals surface area contributed by atoms with Crippen molar-refractivity contribution in [3.63, 3.8) is 0 Å². The van der Waals surface area contributed by atoms with Crippen LogP contribution in [0.25, 0.3) is 6.08 Å². The van der Waals surface area contributed by atoms with Crippen molar-refractivity contribution in [2.24, 2.45) is 0 Å². The van der Waals surface area contributed by atoms with Gasteiger partial charge in [-0.15, -0.1) is 0 Å². The molecule has 1 saturated heterocycles. The average Bonchev–Trinajstić information content (AvgIpc) is 3.01. The lowest BCUT2D eigenvalue weighted by atomic mass is 10.1. The first kappa shape index (κ1) is 18.0. The van der Waals surface area contributed by atoms with Gasteiger partial charge in [0.25, 0.3) is 0 Å². The third-order valence-corrected chi connectivity index (χ3v) is 3.75. The smallest absolute Gasteiger partial charge is 0.329 e. The van der Waals surface area contributed by atoms with Crippen molar-refractivity contribution in [1.82, 2.24) is 4.90 Å². The molecule has 1 heterocycles. The van der Waals surface area contributed by atoms with Crippen LogP contribution in [0.2, 0.25) is 0 Å². The summed E-state index contributed by atoms with van der Waals surface area (Å²) in [6.07, 6.45) is 4.71. The minimum atomic E-state index is -0.548. The van der Waals surface area contributed by atoms with Gasteiger partial charge in [-0.3, -0.25) is 4.79 Å². The van der Waals surface area contributed by atoms with Gasteiger partial charge >= 0.3 is 5.97 Å². The summed E-state index contributed by atoms with van der Waals surface area (Å²) in [6.45, 7) is 6.07. The van der Waals surface area contributed by atoms with Crippen molar-refractivity contribution in [3.05, 3.63) is 35.9 Å². The topological polar surface area (TPSA) is 55.8 Å². The molecular formula is C19H25NO4. The summed E-state index contributed by atoms with van der Waals surface area (Å²) < 4.78 is 10.5. The molecule has 0 aromatic heterocycles. The quantitative estimate of drug-likeness (QED) is 0.628. The molecule has 0 radical (unpaired) electrons. The Morgan fingerprint density at radius 1 is 1.21 bits per heavy atom. The maximum absolute atomic E-state index is 12.4. The Bertz CT molecular complexity index is 613. The molecule has 5 heteroatoms. The molecule has 0 N–H and O–H groups in total. The van der Waals surface area contributed by atoms with Gasteiger partial charge in [-0.1, -0.05) is 12.1 Å². The van der Waals surface area contributed by atoms with Crippen LogP contribution >= 0.6 is 0 Å². The lowest BCUT2D eigenvalue weighted by Crippen LogP contribution is -2.42. The number of likely N-dealkylation sites (tertiary alicyclic amines) is 1. The normalized spacial score (nSPS) is 18.0. The zero-order valence-electron chi connectivity index (χ0n) is 14.7. The molecule has 0 saturated carbocycles. The van der Waals surface area contributed by atoms with Gasteiger partial charge in [0.15, 0.2) is 0 Å². The maximum atomic E-state index is 12.4. The average molecular weight is 331 g/mol. The fraction of sp³-hybridized carbons (Fsp3) is 0.474. The predicted octanol–water partition coefficient (Wildman–Crippen LogP) is 3.04. The number of amides is 1. The van der Waals surface area contributed by atoms with Gasteiger partial charge in [-0.05, 0) is 57.4 Å². The van der Waals surface area contributed by atoms with E-state index in [1.807, 2.05) is 45.0 Å². The SMILES string of the molecule is COc1ccc(/C=C/C(=O)N2CCC[C@H]2C(=O)OC(C)(C)C)cc1. The van der Waals surface area contributed by atoms with Gasteiger partial charge in [0.2, 0.25) is 5.91 Å². The van der Waals surface area contributed by atoms with Crippen LogP contribution < -0.4 is 4.74 Å².